The maximum Gasteiger partial charge on any atom is 0.226 e. The Bertz CT molecular complexity index is 695. The molecule has 0 aliphatic carbocycles. The van der Waals surface area contributed by atoms with E-state index in [1.807, 2.05) is 44.2 Å². The molecule has 0 bridgehead atoms. The maximum atomic E-state index is 12.3. The molecule has 0 spiro atoms. The summed E-state index contributed by atoms with van der Waals surface area (Å²) in [7, 11) is 0. The van der Waals surface area contributed by atoms with E-state index in [1.165, 1.54) is 0 Å². The molecule has 1 aliphatic heterocycles. The quantitative estimate of drug-likeness (QED) is 0.938. The van der Waals surface area contributed by atoms with Crippen molar-refractivity contribution >= 4 is 5.91 Å². The number of hydrogen-bond acceptors (Lipinski definition) is 4. The Kier molecular flexibility index (Phi) is 4.55. The molecule has 2 heterocycles. The van der Waals surface area contributed by atoms with Gasteiger partial charge < -0.3 is 10.1 Å². The van der Waals surface area contributed by atoms with Crippen LogP contribution in [0.2, 0.25) is 0 Å². The van der Waals surface area contributed by atoms with Crippen LogP contribution in [-0.2, 0) is 17.6 Å². The first-order chi connectivity index (χ1) is 11.1. The number of carbonyl (C=O) groups is 1. The van der Waals surface area contributed by atoms with Crippen molar-refractivity contribution in [1.82, 2.24) is 15.3 Å². The Morgan fingerprint density at radius 1 is 1.26 bits per heavy atom. The van der Waals surface area contributed by atoms with Gasteiger partial charge in [0.15, 0.2) is 0 Å². The van der Waals surface area contributed by atoms with Crippen molar-refractivity contribution in [3.8, 4) is 5.75 Å². The molecule has 1 aliphatic rings. The van der Waals surface area contributed by atoms with Crippen LogP contribution in [0.3, 0.4) is 0 Å². The predicted molar refractivity (Wildman–Crippen MR) is 87.4 cm³/mol. The average Bonchev–Trinajstić information content (AvgIpc) is 2.53. The Morgan fingerprint density at radius 3 is 2.78 bits per heavy atom. The summed E-state index contributed by atoms with van der Waals surface area (Å²) in [6.45, 7) is 4.88. The van der Waals surface area contributed by atoms with E-state index in [2.05, 4.69) is 15.3 Å². The fourth-order valence-corrected chi connectivity index (χ4v) is 2.85. The molecule has 1 N–H and O–H groups in total. The van der Waals surface area contributed by atoms with E-state index in [1.54, 1.807) is 0 Å². The molecule has 0 saturated heterocycles. The van der Waals surface area contributed by atoms with Gasteiger partial charge in [-0.1, -0.05) is 18.2 Å². The molecule has 5 heteroatoms. The van der Waals surface area contributed by atoms with Crippen LogP contribution in [0.1, 0.15) is 22.8 Å². The third kappa shape index (κ3) is 3.86. The topological polar surface area (TPSA) is 64.1 Å². The smallest absolute Gasteiger partial charge is 0.226 e. The van der Waals surface area contributed by atoms with E-state index in [4.69, 9.17) is 4.74 Å². The summed E-state index contributed by atoms with van der Waals surface area (Å²) in [5, 5.41) is 2.97. The molecule has 1 atom stereocenters. The molecular formula is C18H21N3O2. The van der Waals surface area contributed by atoms with Crippen molar-refractivity contribution in [3.05, 3.63) is 53.1 Å². The third-order valence-electron chi connectivity index (χ3n) is 3.93. The molecular weight excluding hydrogens is 290 g/mol. The molecule has 1 aromatic heterocycles. The van der Waals surface area contributed by atoms with Crippen molar-refractivity contribution in [1.29, 1.82) is 0 Å². The predicted octanol–water partition coefficient (Wildman–Crippen LogP) is 2.00. The third-order valence-corrected chi connectivity index (χ3v) is 3.93. The van der Waals surface area contributed by atoms with Gasteiger partial charge in [-0.15, -0.1) is 0 Å². The molecule has 5 nitrogen and oxygen atoms in total. The minimum Gasteiger partial charge on any atom is -0.492 e. The Hall–Kier alpha value is -2.43. The standard InChI is InChI=1S/C18H21N3O2/c1-12-9-13(2)21-17(20-12)7-8-19-18(22)15-10-14-5-3-4-6-16(14)23-11-15/h3-6,9,15H,7-8,10-11H2,1-2H3,(H,19,22). The van der Waals surface area contributed by atoms with Crippen molar-refractivity contribution in [2.75, 3.05) is 13.2 Å². The number of aryl methyl sites for hydroxylation is 2. The van der Waals surface area contributed by atoms with Gasteiger partial charge in [0.05, 0.1) is 5.92 Å². The highest BCUT2D eigenvalue weighted by Crippen LogP contribution is 2.26. The van der Waals surface area contributed by atoms with E-state index >= 15 is 0 Å². The molecule has 3 rings (SSSR count). The van der Waals surface area contributed by atoms with E-state index in [-0.39, 0.29) is 11.8 Å². The SMILES string of the molecule is Cc1cc(C)nc(CCNC(=O)C2COc3ccccc3C2)n1. The first-order valence-electron chi connectivity index (χ1n) is 7.91. The van der Waals surface area contributed by atoms with Gasteiger partial charge in [-0.2, -0.15) is 0 Å². The number of hydrogen-bond donors (Lipinski definition) is 1. The fraction of sp³-hybridized carbons (Fsp3) is 0.389. The molecule has 0 radical (unpaired) electrons. The molecule has 0 saturated carbocycles. The van der Waals surface area contributed by atoms with Crippen molar-refractivity contribution in [2.24, 2.45) is 5.92 Å². The number of para-hydroxylation sites is 1. The van der Waals surface area contributed by atoms with Crippen molar-refractivity contribution in [3.63, 3.8) is 0 Å². The van der Waals surface area contributed by atoms with Gasteiger partial charge >= 0.3 is 0 Å². The number of nitrogens with zero attached hydrogens (tertiary/aromatic N) is 2. The van der Waals surface area contributed by atoms with Gasteiger partial charge in [0.1, 0.15) is 18.2 Å². The second-order valence-electron chi connectivity index (χ2n) is 5.93. The van der Waals surface area contributed by atoms with Crippen molar-refractivity contribution < 1.29 is 9.53 Å². The molecule has 0 fully saturated rings. The van der Waals surface area contributed by atoms with Crippen molar-refractivity contribution in [2.45, 2.75) is 26.7 Å². The Balaban J connectivity index is 1.52. The number of carbonyl (C=O) groups excluding carboxylic acids is 1. The first-order valence-corrected chi connectivity index (χ1v) is 7.91. The van der Waals surface area contributed by atoms with Gasteiger partial charge in [0.25, 0.3) is 0 Å². The average molecular weight is 311 g/mol. The van der Waals surface area contributed by atoms with Crippen LogP contribution in [0.15, 0.2) is 30.3 Å². The molecule has 2 aromatic rings. The Labute approximate surface area is 136 Å². The van der Waals surface area contributed by atoms with E-state index in [9.17, 15) is 4.79 Å². The summed E-state index contributed by atoms with van der Waals surface area (Å²) in [6.07, 6.45) is 1.36. The highest BCUT2D eigenvalue weighted by atomic mass is 16.5. The highest BCUT2D eigenvalue weighted by molar-refractivity contribution is 5.79. The molecule has 1 unspecified atom stereocenters. The normalized spacial score (nSPS) is 16.3. The van der Waals surface area contributed by atoms with Crippen LogP contribution in [0.5, 0.6) is 5.75 Å². The molecule has 1 aromatic carbocycles. The van der Waals surface area contributed by atoms with Gasteiger partial charge in [-0.05, 0) is 38.0 Å². The van der Waals surface area contributed by atoms with Gasteiger partial charge in [0, 0.05) is 24.4 Å². The monoisotopic (exact) mass is 311 g/mol. The molecule has 120 valence electrons. The van der Waals surface area contributed by atoms with Crippen LogP contribution in [0.25, 0.3) is 0 Å². The number of nitrogens with one attached hydrogen (secondary N) is 1. The summed E-state index contributed by atoms with van der Waals surface area (Å²) in [6, 6.07) is 9.82. The summed E-state index contributed by atoms with van der Waals surface area (Å²) in [5.74, 6) is 1.56. The number of aromatic nitrogens is 2. The lowest BCUT2D eigenvalue weighted by atomic mass is 9.96. The lowest BCUT2D eigenvalue weighted by molar-refractivity contribution is -0.126. The van der Waals surface area contributed by atoms with Crippen LogP contribution in [0, 0.1) is 19.8 Å². The van der Waals surface area contributed by atoms with E-state index < -0.39 is 0 Å². The molecule has 1 amide bonds. The summed E-state index contributed by atoms with van der Waals surface area (Å²) in [4.78, 5) is 21.1. The van der Waals surface area contributed by atoms with Gasteiger partial charge in [-0.3, -0.25) is 4.79 Å². The number of amides is 1. The number of fused-ring (bicyclic) bond motifs is 1. The van der Waals surface area contributed by atoms with Gasteiger partial charge in [0.2, 0.25) is 5.91 Å². The lowest BCUT2D eigenvalue weighted by Gasteiger charge is -2.24. The van der Waals surface area contributed by atoms with Crippen LogP contribution >= 0.6 is 0 Å². The second kappa shape index (κ2) is 6.77. The lowest BCUT2D eigenvalue weighted by Crippen LogP contribution is -2.38. The zero-order valence-electron chi connectivity index (χ0n) is 13.5. The number of ether oxygens (including phenoxy) is 1. The largest absolute Gasteiger partial charge is 0.492 e. The van der Waals surface area contributed by atoms with E-state index in [0.29, 0.717) is 19.6 Å². The number of rotatable bonds is 4. The summed E-state index contributed by atoms with van der Waals surface area (Å²) in [5.41, 5.74) is 3.00. The maximum absolute atomic E-state index is 12.3. The van der Waals surface area contributed by atoms with Crippen LogP contribution in [-0.4, -0.2) is 29.0 Å². The van der Waals surface area contributed by atoms with Crippen LogP contribution in [0.4, 0.5) is 0 Å². The molecule has 23 heavy (non-hydrogen) atoms. The number of benzene rings is 1. The summed E-state index contributed by atoms with van der Waals surface area (Å²) < 4.78 is 5.67. The summed E-state index contributed by atoms with van der Waals surface area (Å²) >= 11 is 0. The zero-order chi connectivity index (χ0) is 16.2. The Morgan fingerprint density at radius 2 is 2.00 bits per heavy atom. The fourth-order valence-electron chi connectivity index (χ4n) is 2.85. The van der Waals surface area contributed by atoms with E-state index in [0.717, 1.165) is 34.9 Å². The first kappa shape index (κ1) is 15.5. The highest BCUT2D eigenvalue weighted by Gasteiger charge is 2.25. The zero-order valence-corrected chi connectivity index (χ0v) is 13.5. The minimum atomic E-state index is -0.134. The minimum absolute atomic E-state index is 0.0314. The second-order valence-corrected chi connectivity index (χ2v) is 5.93. The van der Waals surface area contributed by atoms with Crippen LogP contribution < -0.4 is 10.1 Å². The van der Waals surface area contributed by atoms with Gasteiger partial charge in [-0.25, -0.2) is 9.97 Å².